The number of hydrogen-bond acceptors (Lipinski definition) is 6. The average Bonchev–Trinajstić information content (AvgIpc) is 3.13. The Morgan fingerprint density at radius 2 is 1.96 bits per heavy atom. The van der Waals surface area contributed by atoms with Crippen LogP contribution in [0.5, 0.6) is 0 Å². The number of oxazole rings is 1. The SMILES string of the molecule is CCCC(O)CN1CCN(Cc2nc(C(=O)NC3CCCCC3)co2)CC1. The highest BCUT2D eigenvalue weighted by Crippen LogP contribution is 2.18. The van der Waals surface area contributed by atoms with E-state index in [1.807, 2.05) is 0 Å². The molecule has 1 aromatic heterocycles. The normalized spacial score (nSPS) is 21.3. The fraction of sp³-hybridized carbons (Fsp3) is 0.800. The van der Waals surface area contributed by atoms with Crippen LogP contribution in [-0.2, 0) is 6.54 Å². The lowest BCUT2D eigenvalue weighted by Crippen LogP contribution is -2.48. The van der Waals surface area contributed by atoms with Crippen LogP contribution >= 0.6 is 0 Å². The van der Waals surface area contributed by atoms with Crippen LogP contribution in [0.2, 0.25) is 0 Å². The lowest BCUT2D eigenvalue weighted by molar-refractivity contribution is 0.0634. The summed E-state index contributed by atoms with van der Waals surface area (Å²) < 4.78 is 5.53. The fourth-order valence-electron chi connectivity index (χ4n) is 4.04. The molecule has 0 bridgehead atoms. The van der Waals surface area contributed by atoms with Gasteiger partial charge in [-0.3, -0.25) is 14.6 Å². The van der Waals surface area contributed by atoms with Gasteiger partial charge in [-0.1, -0.05) is 32.6 Å². The summed E-state index contributed by atoms with van der Waals surface area (Å²) in [4.78, 5) is 21.3. The van der Waals surface area contributed by atoms with Gasteiger partial charge in [0.15, 0.2) is 5.69 Å². The molecule has 7 heteroatoms. The van der Waals surface area contributed by atoms with Gasteiger partial charge in [0.25, 0.3) is 5.91 Å². The maximum absolute atomic E-state index is 12.3. The van der Waals surface area contributed by atoms with Gasteiger partial charge in [-0.2, -0.15) is 0 Å². The minimum Gasteiger partial charge on any atom is -0.447 e. The number of aliphatic hydroxyl groups excluding tert-OH is 1. The molecular weight excluding hydrogens is 344 g/mol. The molecule has 1 saturated heterocycles. The maximum atomic E-state index is 12.3. The van der Waals surface area contributed by atoms with Crippen LogP contribution in [0.15, 0.2) is 10.7 Å². The van der Waals surface area contributed by atoms with Gasteiger partial charge in [0.2, 0.25) is 5.89 Å². The van der Waals surface area contributed by atoms with E-state index >= 15 is 0 Å². The Morgan fingerprint density at radius 3 is 2.67 bits per heavy atom. The van der Waals surface area contributed by atoms with Gasteiger partial charge in [-0.05, 0) is 19.3 Å². The van der Waals surface area contributed by atoms with Crippen molar-refractivity contribution in [1.29, 1.82) is 0 Å². The summed E-state index contributed by atoms with van der Waals surface area (Å²) in [7, 11) is 0. The van der Waals surface area contributed by atoms with Crippen molar-refractivity contribution in [2.75, 3.05) is 32.7 Å². The van der Waals surface area contributed by atoms with Crippen LogP contribution in [0.25, 0.3) is 0 Å². The number of amides is 1. The lowest BCUT2D eigenvalue weighted by atomic mass is 9.95. The molecule has 1 saturated carbocycles. The van der Waals surface area contributed by atoms with Gasteiger partial charge < -0.3 is 14.8 Å². The second-order valence-corrected chi connectivity index (χ2v) is 7.95. The van der Waals surface area contributed by atoms with E-state index in [0.717, 1.165) is 58.4 Å². The summed E-state index contributed by atoms with van der Waals surface area (Å²) >= 11 is 0. The molecule has 152 valence electrons. The first-order valence-electron chi connectivity index (χ1n) is 10.5. The summed E-state index contributed by atoms with van der Waals surface area (Å²) in [6.07, 6.45) is 8.91. The van der Waals surface area contributed by atoms with Crippen LogP contribution in [-0.4, -0.2) is 70.7 Å². The molecule has 7 nitrogen and oxygen atoms in total. The minimum absolute atomic E-state index is 0.119. The number of β-amino-alcohol motifs (C(OH)–C–C–N with tert-alkyl or cyclic N) is 1. The van der Waals surface area contributed by atoms with E-state index in [4.69, 9.17) is 4.42 Å². The van der Waals surface area contributed by atoms with Gasteiger partial charge in [-0.15, -0.1) is 0 Å². The standard InChI is InChI=1S/C20H34N4O3/c1-2-6-17(25)13-23-9-11-24(12-10-23)14-19-22-18(15-27-19)20(26)21-16-7-4-3-5-8-16/h15-17,25H,2-14H2,1H3,(H,21,26). The maximum Gasteiger partial charge on any atom is 0.273 e. The number of piperazine rings is 1. The van der Waals surface area contributed by atoms with E-state index in [1.54, 1.807) is 0 Å². The van der Waals surface area contributed by atoms with Crippen LogP contribution < -0.4 is 5.32 Å². The van der Waals surface area contributed by atoms with Gasteiger partial charge in [0.1, 0.15) is 6.26 Å². The molecule has 1 aromatic rings. The van der Waals surface area contributed by atoms with Crippen molar-refractivity contribution in [2.45, 2.75) is 70.6 Å². The zero-order valence-electron chi connectivity index (χ0n) is 16.5. The van der Waals surface area contributed by atoms with Crippen LogP contribution in [0.3, 0.4) is 0 Å². The van der Waals surface area contributed by atoms with E-state index in [2.05, 4.69) is 27.0 Å². The molecule has 1 unspecified atom stereocenters. The number of aromatic nitrogens is 1. The monoisotopic (exact) mass is 378 g/mol. The van der Waals surface area contributed by atoms with Gasteiger partial charge >= 0.3 is 0 Å². The Balaban J connectivity index is 1.41. The molecule has 27 heavy (non-hydrogen) atoms. The molecule has 0 aromatic carbocycles. The number of carbonyl (C=O) groups excluding carboxylic acids is 1. The van der Waals surface area contributed by atoms with Crippen molar-refractivity contribution in [1.82, 2.24) is 20.1 Å². The van der Waals surface area contributed by atoms with E-state index in [1.165, 1.54) is 25.5 Å². The van der Waals surface area contributed by atoms with Crippen molar-refractivity contribution in [2.24, 2.45) is 0 Å². The smallest absolute Gasteiger partial charge is 0.273 e. The summed E-state index contributed by atoms with van der Waals surface area (Å²) in [5.41, 5.74) is 0.386. The molecule has 2 fully saturated rings. The summed E-state index contributed by atoms with van der Waals surface area (Å²) in [6, 6.07) is 0.280. The van der Waals surface area contributed by atoms with Crippen molar-refractivity contribution in [3.05, 3.63) is 17.8 Å². The second-order valence-electron chi connectivity index (χ2n) is 7.95. The van der Waals surface area contributed by atoms with Gasteiger partial charge in [0, 0.05) is 38.8 Å². The topological polar surface area (TPSA) is 81.8 Å². The third kappa shape index (κ3) is 6.30. The highest BCUT2D eigenvalue weighted by molar-refractivity contribution is 5.92. The molecular formula is C20H34N4O3. The van der Waals surface area contributed by atoms with Crippen molar-refractivity contribution in [3.63, 3.8) is 0 Å². The van der Waals surface area contributed by atoms with E-state index in [-0.39, 0.29) is 18.1 Å². The summed E-state index contributed by atoms with van der Waals surface area (Å²) in [5.74, 6) is 0.481. The molecule has 3 rings (SSSR count). The molecule has 2 N–H and O–H groups in total. The zero-order valence-corrected chi connectivity index (χ0v) is 16.5. The van der Waals surface area contributed by atoms with Crippen molar-refractivity contribution in [3.8, 4) is 0 Å². The molecule has 1 atom stereocenters. The Morgan fingerprint density at radius 1 is 1.26 bits per heavy atom. The number of nitrogens with one attached hydrogen (secondary N) is 1. The number of carbonyl (C=O) groups is 1. The molecule has 1 amide bonds. The third-order valence-electron chi connectivity index (χ3n) is 5.64. The first-order valence-corrected chi connectivity index (χ1v) is 10.5. The van der Waals surface area contributed by atoms with Gasteiger partial charge in [-0.25, -0.2) is 4.98 Å². The zero-order chi connectivity index (χ0) is 19.1. The lowest BCUT2D eigenvalue weighted by Gasteiger charge is -2.34. The quantitative estimate of drug-likeness (QED) is 0.720. The molecule has 1 aliphatic carbocycles. The first-order chi connectivity index (χ1) is 13.1. The van der Waals surface area contributed by atoms with E-state index in [9.17, 15) is 9.90 Å². The fourth-order valence-corrected chi connectivity index (χ4v) is 4.04. The van der Waals surface area contributed by atoms with Crippen LogP contribution in [0.4, 0.5) is 0 Å². The third-order valence-corrected chi connectivity index (χ3v) is 5.64. The van der Waals surface area contributed by atoms with Crippen molar-refractivity contribution < 1.29 is 14.3 Å². The minimum atomic E-state index is -0.224. The summed E-state index contributed by atoms with van der Waals surface area (Å²) in [5, 5.41) is 13.0. The van der Waals surface area contributed by atoms with Gasteiger partial charge in [0.05, 0.1) is 12.6 Å². The predicted octanol–water partition coefficient (Wildman–Crippen LogP) is 2.02. The van der Waals surface area contributed by atoms with E-state index in [0.29, 0.717) is 18.1 Å². The largest absolute Gasteiger partial charge is 0.447 e. The molecule has 1 aliphatic heterocycles. The number of aliphatic hydroxyl groups is 1. The first kappa shape index (κ1) is 20.3. The Bertz CT molecular complexity index is 578. The van der Waals surface area contributed by atoms with Crippen LogP contribution in [0.1, 0.15) is 68.2 Å². The predicted molar refractivity (Wildman–Crippen MR) is 103 cm³/mol. The van der Waals surface area contributed by atoms with Crippen molar-refractivity contribution >= 4 is 5.91 Å². The number of hydrogen-bond donors (Lipinski definition) is 2. The molecule has 2 heterocycles. The molecule has 0 spiro atoms. The molecule has 0 radical (unpaired) electrons. The second kappa shape index (κ2) is 10.2. The Kier molecular flexibility index (Phi) is 7.67. The number of nitrogens with zero attached hydrogens (tertiary/aromatic N) is 3. The van der Waals surface area contributed by atoms with Crippen LogP contribution in [0, 0.1) is 0 Å². The Hall–Kier alpha value is -1.44. The number of rotatable bonds is 8. The molecule has 2 aliphatic rings. The highest BCUT2D eigenvalue weighted by atomic mass is 16.3. The average molecular weight is 379 g/mol. The summed E-state index contributed by atoms with van der Waals surface area (Å²) in [6.45, 7) is 7.21. The highest BCUT2D eigenvalue weighted by Gasteiger charge is 2.22. The Labute approximate surface area is 162 Å². The van der Waals surface area contributed by atoms with E-state index < -0.39 is 0 Å².